The van der Waals surface area contributed by atoms with E-state index >= 15 is 0 Å². The molecular weight excluding hydrogens is 376 g/mol. The summed E-state index contributed by atoms with van der Waals surface area (Å²) in [7, 11) is 1.63. The molecule has 1 amide bonds. The van der Waals surface area contributed by atoms with E-state index in [1.54, 1.807) is 18.4 Å². The molecule has 1 aliphatic heterocycles. The fourth-order valence-electron chi connectivity index (χ4n) is 2.71. The minimum atomic E-state index is 0.102. The molecule has 122 valence electrons. The number of hydrogen-bond acceptors (Lipinski definition) is 4. The van der Waals surface area contributed by atoms with Crippen molar-refractivity contribution in [3.8, 4) is 5.75 Å². The highest BCUT2D eigenvalue weighted by Crippen LogP contribution is 2.22. The van der Waals surface area contributed by atoms with Crippen molar-refractivity contribution in [2.75, 3.05) is 33.3 Å². The molecule has 4 nitrogen and oxygen atoms in total. The minimum absolute atomic E-state index is 0.102. The van der Waals surface area contributed by atoms with Gasteiger partial charge in [0.25, 0.3) is 5.91 Å². The van der Waals surface area contributed by atoms with Crippen molar-refractivity contribution in [3.05, 3.63) is 50.6 Å². The fourth-order valence-corrected chi connectivity index (χ4v) is 3.91. The van der Waals surface area contributed by atoms with Crippen LogP contribution in [0.15, 0.2) is 39.5 Å². The van der Waals surface area contributed by atoms with Gasteiger partial charge in [-0.1, -0.05) is 0 Å². The first kappa shape index (κ1) is 16.5. The number of halogens is 1. The standard InChI is InChI=1S/C17H19BrN2O2S/c1-22-15-4-2-14(3-5-15)17(21)20-8-6-19(7-9-20)11-13-10-16(18)23-12-13/h2-5,10,12H,6-9,11H2,1H3. The number of carbonyl (C=O) groups is 1. The minimum Gasteiger partial charge on any atom is -0.497 e. The van der Waals surface area contributed by atoms with E-state index in [9.17, 15) is 4.79 Å². The maximum absolute atomic E-state index is 12.5. The largest absolute Gasteiger partial charge is 0.497 e. The van der Waals surface area contributed by atoms with Crippen LogP contribution in [-0.2, 0) is 6.54 Å². The van der Waals surface area contributed by atoms with Crippen LogP contribution in [0.1, 0.15) is 15.9 Å². The Morgan fingerprint density at radius 3 is 2.48 bits per heavy atom. The zero-order chi connectivity index (χ0) is 16.2. The second kappa shape index (κ2) is 7.47. The van der Waals surface area contributed by atoms with Gasteiger partial charge in [0.05, 0.1) is 10.9 Å². The lowest BCUT2D eigenvalue weighted by molar-refractivity contribution is 0.0628. The number of thiophene rings is 1. The molecule has 1 aromatic heterocycles. The van der Waals surface area contributed by atoms with Gasteiger partial charge in [0, 0.05) is 38.3 Å². The molecule has 2 heterocycles. The third kappa shape index (κ3) is 4.13. The Morgan fingerprint density at radius 2 is 1.91 bits per heavy atom. The summed E-state index contributed by atoms with van der Waals surface area (Å²) >= 11 is 5.21. The molecule has 2 aromatic rings. The first-order valence-corrected chi connectivity index (χ1v) is 9.21. The van der Waals surface area contributed by atoms with E-state index in [1.807, 2.05) is 29.2 Å². The molecule has 0 saturated carbocycles. The van der Waals surface area contributed by atoms with E-state index < -0.39 is 0 Å². The number of rotatable bonds is 4. The van der Waals surface area contributed by atoms with Gasteiger partial charge in [0.15, 0.2) is 0 Å². The van der Waals surface area contributed by atoms with Crippen molar-refractivity contribution in [3.63, 3.8) is 0 Å². The van der Waals surface area contributed by atoms with Crippen LogP contribution in [-0.4, -0.2) is 49.0 Å². The average Bonchev–Trinajstić information content (AvgIpc) is 3.00. The lowest BCUT2D eigenvalue weighted by Gasteiger charge is -2.34. The van der Waals surface area contributed by atoms with Crippen molar-refractivity contribution in [1.29, 1.82) is 0 Å². The number of nitrogens with zero attached hydrogens (tertiary/aromatic N) is 2. The summed E-state index contributed by atoms with van der Waals surface area (Å²) in [5.41, 5.74) is 2.05. The van der Waals surface area contributed by atoms with E-state index in [-0.39, 0.29) is 5.91 Å². The van der Waals surface area contributed by atoms with Crippen LogP contribution >= 0.6 is 27.3 Å². The summed E-state index contributed by atoms with van der Waals surface area (Å²) in [5, 5.41) is 2.18. The lowest BCUT2D eigenvalue weighted by Crippen LogP contribution is -2.48. The number of piperazine rings is 1. The SMILES string of the molecule is COc1ccc(C(=O)N2CCN(Cc3csc(Br)c3)CC2)cc1. The molecule has 3 rings (SSSR count). The third-order valence-corrected chi connectivity index (χ3v) is 5.58. The number of ether oxygens (including phenoxy) is 1. The molecule has 0 aliphatic carbocycles. The van der Waals surface area contributed by atoms with E-state index in [1.165, 1.54) is 9.35 Å². The van der Waals surface area contributed by atoms with Crippen molar-refractivity contribution in [2.45, 2.75) is 6.54 Å². The monoisotopic (exact) mass is 394 g/mol. The van der Waals surface area contributed by atoms with Crippen LogP contribution in [0, 0.1) is 0 Å². The highest BCUT2D eigenvalue weighted by molar-refractivity contribution is 9.11. The van der Waals surface area contributed by atoms with Gasteiger partial charge in [0.1, 0.15) is 5.75 Å². The summed E-state index contributed by atoms with van der Waals surface area (Å²) in [6, 6.07) is 9.49. The van der Waals surface area contributed by atoms with Crippen molar-refractivity contribution >= 4 is 33.2 Å². The second-order valence-corrected chi connectivity index (χ2v) is 7.85. The molecule has 0 radical (unpaired) electrons. The van der Waals surface area contributed by atoms with Crippen LogP contribution in [0.2, 0.25) is 0 Å². The molecule has 23 heavy (non-hydrogen) atoms. The predicted molar refractivity (Wildman–Crippen MR) is 96.2 cm³/mol. The summed E-state index contributed by atoms with van der Waals surface area (Å²) in [6.45, 7) is 4.32. The number of hydrogen-bond donors (Lipinski definition) is 0. The summed E-state index contributed by atoms with van der Waals surface area (Å²) < 4.78 is 6.30. The quantitative estimate of drug-likeness (QED) is 0.795. The van der Waals surface area contributed by atoms with Gasteiger partial charge in [-0.15, -0.1) is 11.3 Å². The molecule has 1 fully saturated rings. The van der Waals surface area contributed by atoms with Crippen LogP contribution in [0.3, 0.4) is 0 Å². The Morgan fingerprint density at radius 1 is 1.22 bits per heavy atom. The van der Waals surface area contributed by atoms with Gasteiger partial charge < -0.3 is 9.64 Å². The highest BCUT2D eigenvalue weighted by atomic mass is 79.9. The molecular formula is C17H19BrN2O2S. The van der Waals surface area contributed by atoms with Crippen LogP contribution in [0.5, 0.6) is 5.75 Å². The van der Waals surface area contributed by atoms with E-state index in [4.69, 9.17) is 4.74 Å². The average molecular weight is 395 g/mol. The number of methoxy groups -OCH3 is 1. The molecule has 0 unspecified atom stereocenters. The second-order valence-electron chi connectivity index (χ2n) is 5.56. The number of benzene rings is 1. The normalized spacial score (nSPS) is 15.7. The Bertz CT molecular complexity index is 663. The van der Waals surface area contributed by atoms with Crippen molar-refractivity contribution in [2.24, 2.45) is 0 Å². The predicted octanol–water partition coefficient (Wildman–Crippen LogP) is 3.48. The van der Waals surface area contributed by atoms with Crippen LogP contribution in [0.25, 0.3) is 0 Å². The molecule has 0 spiro atoms. The maximum Gasteiger partial charge on any atom is 0.253 e. The summed E-state index contributed by atoms with van der Waals surface area (Å²) in [6.07, 6.45) is 0. The molecule has 1 aliphatic rings. The smallest absolute Gasteiger partial charge is 0.253 e. The number of carbonyl (C=O) groups excluding carboxylic acids is 1. The van der Waals surface area contributed by atoms with Crippen LogP contribution in [0.4, 0.5) is 0 Å². The molecule has 0 N–H and O–H groups in total. The Hall–Kier alpha value is -1.37. The van der Waals surface area contributed by atoms with Crippen molar-refractivity contribution in [1.82, 2.24) is 9.80 Å². The van der Waals surface area contributed by atoms with E-state index in [2.05, 4.69) is 32.3 Å². The molecule has 1 aromatic carbocycles. The lowest BCUT2D eigenvalue weighted by atomic mass is 10.1. The van der Waals surface area contributed by atoms with Gasteiger partial charge in [-0.2, -0.15) is 0 Å². The Kier molecular flexibility index (Phi) is 5.35. The van der Waals surface area contributed by atoms with Gasteiger partial charge in [0.2, 0.25) is 0 Å². The first-order valence-electron chi connectivity index (χ1n) is 7.54. The summed E-state index contributed by atoms with van der Waals surface area (Å²) in [4.78, 5) is 16.9. The molecule has 6 heteroatoms. The van der Waals surface area contributed by atoms with Gasteiger partial charge >= 0.3 is 0 Å². The zero-order valence-electron chi connectivity index (χ0n) is 13.0. The van der Waals surface area contributed by atoms with Crippen LogP contribution < -0.4 is 4.74 Å². The Balaban J connectivity index is 1.54. The van der Waals surface area contributed by atoms with Gasteiger partial charge in [-0.25, -0.2) is 0 Å². The topological polar surface area (TPSA) is 32.8 Å². The zero-order valence-corrected chi connectivity index (χ0v) is 15.4. The molecule has 0 atom stereocenters. The molecule has 1 saturated heterocycles. The Labute approximate surface area is 148 Å². The van der Waals surface area contributed by atoms with Gasteiger partial charge in [-0.3, -0.25) is 9.69 Å². The first-order chi connectivity index (χ1) is 11.2. The maximum atomic E-state index is 12.5. The van der Waals surface area contributed by atoms with E-state index in [0.29, 0.717) is 0 Å². The fraction of sp³-hybridized carbons (Fsp3) is 0.353. The summed E-state index contributed by atoms with van der Waals surface area (Å²) in [5.74, 6) is 0.874. The number of amides is 1. The molecule has 0 bridgehead atoms. The van der Waals surface area contributed by atoms with Crippen molar-refractivity contribution < 1.29 is 9.53 Å². The van der Waals surface area contributed by atoms with E-state index in [0.717, 1.165) is 44.0 Å². The third-order valence-electron chi connectivity index (χ3n) is 4.02. The van der Waals surface area contributed by atoms with Gasteiger partial charge in [-0.05, 0) is 57.2 Å². The highest BCUT2D eigenvalue weighted by Gasteiger charge is 2.22.